The second-order valence-electron chi connectivity index (χ2n) is 0.650. The summed E-state index contributed by atoms with van der Waals surface area (Å²) in [7, 11) is 0. The standard InChI is InChI=1S/C3H9NO/c1-4-2-3-5/h4-5H,2-3H2,1H3/i1D3. The van der Waals surface area contributed by atoms with Gasteiger partial charge in [0, 0.05) is 10.7 Å². The summed E-state index contributed by atoms with van der Waals surface area (Å²) < 4.78 is 19.6. The van der Waals surface area contributed by atoms with Crippen LogP contribution in [0.1, 0.15) is 4.11 Å². The van der Waals surface area contributed by atoms with E-state index in [9.17, 15) is 0 Å². The zero-order valence-electron chi connectivity index (χ0n) is 5.86. The number of hydrogen-bond acceptors (Lipinski definition) is 2. The van der Waals surface area contributed by atoms with Gasteiger partial charge < -0.3 is 10.4 Å². The Bertz CT molecular complexity index is 62.0. The molecule has 0 atom stereocenters. The normalized spacial score (nSPS) is 19.8. The van der Waals surface area contributed by atoms with E-state index in [0.717, 1.165) is 0 Å². The third-order valence-corrected chi connectivity index (χ3v) is 0.237. The van der Waals surface area contributed by atoms with Crippen LogP contribution in [0.5, 0.6) is 0 Å². The first kappa shape index (κ1) is 1.58. The first-order valence-electron chi connectivity index (χ1n) is 2.92. The highest BCUT2D eigenvalue weighted by atomic mass is 16.3. The third kappa shape index (κ3) is 3.92. The van der Waals surface area contributed by atoms with Crippen LogP contribution in [0.4, 0.5) is 0 Å². The van der Waals surface area contributed by atoms with Crippen LogP contribution >= 0.6 is 0 Å². The number of rotatable bonds is 2. The van der Waals surface area contributed by atoms with E-state index in [4.69, 9.17) is 9.22 Å². The minimum absolute atomic E-state index is 0.122. The molecule has 0 aromatic heterocycles. The maximum Gasteiger partial charge on any atom is 0.0555 e. The highest BCUT2D eigenvalue weighted by Gasteiger charge is 1.65. The van der Waals surface area contributed by atoms with E-state index >= 15 is 0 Å². The molecular formula is C3H9NO. The van der Waals surface area contributed by atoms with Crippen LogP contribution in [0.15, 0.2) is 0 Å². The van der Waals surface area contributed by atoms with Crippen LogP contribution < -0.4 is 5.32 Å². The maximum absolute atomic E-state index is 8.12. The molecule has 2 heteroatoms. The van der Waals surface area contributed by atoms with Crippen LogP contribution in [0.2, 0.25) is 0 Å². The Morgan fingerprint density at radius 1 is 2.20 bits per heavy atom. The molecule has 0 rings (SSSR count). The molecule has 0 spiro atoms. The van der Waals surface area contributed by atoms with Crippen LogP contribution in [0.3, 0.4) is 0 Å². The largest absolute Gasteiger partial charge is 0.395 e. The van der Waals surface area contributed by atoms with Gasteiger partial charge >= 0.3 is 0 Å². The number of aliphatic hydroxyl groups excluding tert-OH is 1. The van der Waals surface area contributed by atoms with Crippen molar-refractivity contribution in [1.29, 1.82) is 0 Å². The zero-order valence-corrected chi connectivity index (χ0v) is 2.86. The van der Waals surface area contributed by atoms with Crippen molar-refractivity contribution in [3.63, 3.8) is 0 Å². The van der Waals surface area contributed by atoms with Crippen molar-refractivity contribution in [2.45, 2.75) is 0 Å². The molecule has 0 aliphatic heterocycles. The minimum Gasteiger partial charge on any atom is -0.395 e. The van der Waals surface area contributed by atoms with Gasteiger partial charge in [-0.2, -0.15) is 0 Å². The molecular weight excluding hydrogens is 66.0 g/mol. The molecule has 2 nitrogen and oxygen atoms in total. The SMILES string of the molecule is [2H]C([2H])([2H])NCCO. The van der Waals surface area contributed by atoms with Crippen LogP contribution in [0.25, 0.3) is 0 Å². The van der Waals surface area contributed by atoms with Crippen molar-refractivity contribution in [3.8, 4) is 0 Å². The molecule has 0 aliphatic rings. The summed E-state index contributed by atoms with van der Waals surface area (Å²) in [5.41, 5.74) is 0. The van der Waals surface area contributed by atoms with Crippen molar-refractivity contribution < 1.29 is 9.22 Å². The fourth-order valence-electron chi connectivity index (χ4n) is 0.0559. The maximum atomic E-state index is 8.12. The van der Waals surface area contributed by atoms with Gasteiger partial charge in [-0.25, -0.2) is 0 Å². The van der Waals surface area contributed by atoms with Gasteiger partial charge in [0.2, 0.25) is 0 Å². The summed E-state index contributed by atoms with van der Waals surface area (Å²) in [6.45, 7) is -2.13. The molecule has 5 heavy (non-hydrogen) atoms. The topological polar surface area (TPSA) is 32.3 Å². The molecule has 0 saturated carbocycles. The smallest absolute Gasteiger partial charge is 0.0555 e. The van der Waals surface area contributed by atoms with E-state index in [-0.39, 0.29) is 13.2 Å². The lowest BCUT2D eigenvalue weighted by molar-refractivity contribution is 0.296. The van der Waals surface area contributed by atoms with Gasteiger partial charge in [-0.1, -0.05) is 0 Å². The number of nitrogens with one attached hydrogen (secondary N) is 1. The first-order chi connectivity index (χ1) is 3.56. The molecule has 32 valence electrons. The third-order valence-electron chi connectivity index (χ3n) is 0.237. The quantitative estimate of drug-likeness (QED) is 0.453. The molecule has 0 unspecified atom stereocenters. The fraction of sp³-hybridized carbons (Fsp3) is 1.00. The summed E-state index contributed by atoms with van der Waals surface area (Å²) in [4.78, 5) is 0. The highest BCUT2D eigenvalue weighted by Crippen LogP contribution is 1.42. The van der Waals surface area contributed by atoms with Gasteiger partial charge in [-0.15, -0.1) is 0 Å². The average Bonchev–Trinajstić information content (AvgIpc) is 1.59. The number of aliphatic hydroxyl groups is 1. The predicted octanol–water partition coefficient (Wildman–Crippen LogP) is -0.802. The molecule has 0 saturated heterocycles. The number of hydrogen-bond donors (Lipinski definition) is 2. The molecule has 0 aromatic carbocycles. The lowest BCUT2D eigenvalue weighted by Gasteiger charge is -1.84. The molecule has 0 radical (unpaired) electrons. The Balaban J connectivity index is 3.11. The zero-order chi connectivity index (χ0) is 6.62. The van der Waals surface area contributed by atoms with Gasteiger partial charge in [0.25, 0.3) is 0 Å². The fourth-order valence-corrected chi connectivity index (χ4v) is 0.0559. The van der Waals surface area contributed by atoms with E-state index in [1.54, 1.807) is 0 Å². The Morgan fingerprint density at radius 2 is 3.00 bits per heavy atom. The van der Waals surface area contributed by atoms with Gasteiger partial charge in [-0.3, -0.25) is 0 Å². The first-order valence-corrected chi connectivity index (χ1v) is 1.42. The van der Waals surface area contributed by atoms with Gasteiger partial charge in [0.15, 0.2) is 0 Å². The summed E-state index contributed by atoms with van der Waals surface area (Å²) >= 11 is 0. The molecule has 0 bridgehead atoms. The minimum atomic E-state index is -2.11. The highest BCUT2D eigenvalue weighted by molar-refractivity contribution is 4.27. The van der Waals surface area contributed by atoms with Crippen LogP contribution in [0, 0.1) is 0 Å². The van der Waals surface area contributed by atoms with Crippen molar-refractivity contribution in [1.82, 2.24) is 5.32 Å². The van der Waals surface area contributed by atoms with E-state index in [2.05, 4.69) is 5.32 Å². The van der Waals surface area contributed by atoms with Crippen LogP contribution in [-0.4, -0.2) is 25.2 Å². The van der Waals surface area contributed by atoms with Crippen molar-refractivity contribution >= 4 is 0 Å². The van der Waals surface area contributed by atoms with Gasteiger partial charge in [0.05, 0.1) is 6.61 Å². The van der Waals surface area contributed by atoms with Crippen molar-refractivity contribution in [3.05, 3.63) is 0 Å². The summed E-state index contributed by atoms with van der Waals surface area (Å²) in [5.74, 6) is 0. The van der Waals surface area contributed by atoms with Crippen molar-refractivity contribution in [2.75, 3.05) is 20.1 Å². The summed E-state index contributed by atoms with van der Waals surface area (Å²) in [6, 6.07) is 0. The Kier molecular flexibility index (Phi) is 1.24. The molecule has 0 aliphatic carbocycles. The van der Waals surface area contributed by atoms with Crippen LogP contribution in [-0.2, 0) is 0 Å². The Labute approximate surface area is 36.0 Å². The Hall–Kier alpha value is -0.0800. The van der Waals surface area contributed by atoms with E-state index in [0.29, 0.717) is 0 Å². The predicted molar refractivity (Wildman–Crippen MR) is 21.0 cm³/mol. The summed E-state index contributed by atoms with van der Waals surface area (Å²) in [5, 5.41) is 10.2. The van der Waals surface area contributed by atoms with Crippen molar-refractivity contribution in [2.24, 2.45) is 0 Å². The molecule has 0 aromatic rings. The lowest BCUT2D eigenvalue weighted by Crippen LogP contribution is -2.10. The van der Waals surface area contributed by atoms with E-state index < -0.39 is 6.98 Å². The second-order valence-corrected chi connectivity index (χ2v) is 0.650. The van der Waals surface area contributed by atoms with E-state index in [1.165, 1.54) is 0 Å². The van der Waals surface area contributed by atoms with E-state index in [1.807, 2.05) is 0 Å². The monoisotopic (exact) mass is 78.1 g/mol. The molecule has 2 N–H and O–H groups in total. The molecule has 0 fully saturated rings. The lowest BCUT2D eigenvalue weighted by atomic mass is 10.7. The number of likely N-dealkylation sites (N-methyl/N-ethyl adjacent to an activating group) is 1. The molecule has 0 heterocycles. The van der Waals surface area contributed by atoms with Gasteiger partial charge in [0.1, 0.15) is 0 Å². The molecule has 0 amide bonds. The average molecular weight is 78.1 g/mol. The summed E-state index contributed by atoms with van der Waals surface area (Å²) in [6.07, 6.45) is 0. The van der Waals surface area contributed by atoms with Gasteiger partial charge in [-0.05, 0) is 6.98 Å². The second kappa shape index (κ2) is 3.92. The Morgan fingerprint density at radius 3 is 3.20 bits per heavy atom.